The van der Waals surface area contributed by atoms with E-state index in [0.29, 0.717) is 5.02 Å². The fourth-order valence-electron chi connectivity index (χ4n) is 1.09. The lowest BCUT2D eigenvalue weighted by Gasteiger charge is -2.10. The lowest BCUT2D eigenvalue weighted by Crippen LogP contribution is -2.33. The molecular weight excluding hydrogens is 346 g/mol. The minimum Gasteiger partial charge on any atom is -0.468 e. The summed E-state index contributed by atoms with van der Waals surface area (Å²) in [7, 11) is -2.43. The number of hydrogen-bond donors (Lipinski definition) is 1. The number of sulfonamides is 1. The lowest BCUT2D eigenvalue weighted by molar-refractivity contribution is -0.139. The van der Waals surface area contributed by atoms with Gasteiger partial charge in [0.1, 0.15) is 4.83 Å². The topological polar surface area (TPSA) is 72.5 Å². The number of methoxy groups -OCH3 is 1. The summed E-state index contributed by atoms with van der Waals surface area (Å²) in [5, 5.41) is 0.446. The number of halogens is 2. The largest absolute Gasteiger partial charge is 0.468 e. The number of carbonyl (C=O) groups excluding carboxylic acids is 1. The molecule has 0 radical (unpaired) electrons. The zero-order valence-electron chi connectivity index (χ0n) is 9.39. The van der Waals surface area contributed by atoms with E-state index in [9.17, 15) is 13.2 Å². The van der Waals surface area contributed by atoms with Gasteiger partial charge in [0.05, 0.1) is 12.0 Å². The van der Waals surface area contributed by atoms with Crippen LogP contribution in [-0.4, -0.2) is 32.9 Å². The summed E-state index contributed by atoms with van der Waals surface area (Å²) in [6.45, 7) is -0.0996. The third-order valence-corrected chi connectivity index (χ3v) is 4.42. The van der Waals surface area contributed by atoms with Gasteiger partial charge >= 0.3 is 5.97 Å². The fourth-order valence-corrected chi connectivity index (χ4v) is 2.83. The number of ether oxygens (including phenoxy) is 1. The first-order chi connectivity index (χ1) is 8.36. The summed E-state index contributed by atoms with van der Waals surface area (Å²) in [6.07, 6.45) is 0. The highest BCUT2D eigenvalue weighted by atomic mass is 79.9. The maximum Gasteiger partial charge on any atom is 0.320 e. The van der Waals surface area contributed by atoms with Gasteiger partial charge in [-0.2, -0.15) is 0 Å². The van der Waals surface area contributed by atoms with Gasteiger partial charge in [-0.3, -0.25) is 4.79 Å². The second kappa shape index (κ2) is 6.51. The van der Waals surface area contributed by atoms with Crippen LogP contribution < -0.4 is 4.72 Å². The van der Waals surface area contributed by atoms with E-state index >= 15 is 0 Å². The van der Waals surface area contributed by atoms with Crippen LogP contribution in [0.5, 0.6) is 0 Å². The molecule has 0 amide bonds. The quantitative estimate of drug-likeness (QED) is 0.642. The molecule has 0 saturated carbocycles. The van der Waals surface area contributed by atoms with Gasteiger partial charge in [0.2, 0.25) is 10.0 Å². The number of benzene rings is 1. The van der Waals surface area contributed by atoms with Gasteiger partial charge in [0, 0.05) is 11.6 Å². The maximum atomic E-state index is 11.8. The van der Waals surface area contributed by atoms with Crippen molar-refractivity contribution in [2.24, 2.45) is 0 Å². The SMILES string of the molecule is COC(=O)C(Br)CNS(=O)(=O)c1ccc(Cl)cc1. The number of nitrogens with one attached hydrogen (secondary N) is 1. The molecule has 0 fully saturated rings. The zero-order valence-corrected chi connectivity index (χ0v) is 12.5. The van der Waals surface area contributed by atoms with Crippen molar-refractivity contribution < 1.29 is 17.9 Å². The second-order valence-corrected chi connectivity index (χ2v) is 6.61. The van der Waals surface area contributed by atoms with Crippen LogP contribution in [0, 0.1) is 0 Å². The Morgan fingerprint density at radius 1 is 1.44 bits per heavy atom. The Kier molecular flexibility index (Phi) is 5.58. The molecule has 1 aromatic carbocycles. The van der Waals surface area contributed by atoms with E-state index in [4.69, 9.17) is 11.6 Å². The molecule has 0 bridgehead atoms. The summed E-state index contributed by atoms with van der Waals surface area (Å²) < 4.78 is 30.4. The highest BCUT2D eigenvalue weighted by Gasteiger charge is 2.20. The summed E-state index contributed by atoms with van der Waals surface area (Å²) in [5.74, 6) is -0.547. The lowest BCUT2D eigenvalue weighted by atomic mass is 10.4. The second-order valence-electron chi connectivity index (χ2n) is 3.30. The van der Waals surface area contributed by atoms with Crippen molar-refractivity contribution >= 4 is 43.5 Å². The molecule has 0 aliphatic rings. The molecule has 8 heteroatoms. The maximum absolute atomic E-state index is 11.8. The third-order valence-electron chi connectivity index (χ3n) is 2.03. The van der Waals surface area contributed by atoms with E-state index in [2.05, 4.69) is 25.4 Å². The van der Waals surface area contributed by atoms with Gasteiger partial charge in [-0.1, -0.05) is 27.5 Å². The normalized spacial score (nSPS) is 13.1. The van der Waals surface area contributed by atoms with Crippen molar-refractivity contribution in [2.75, 3.05) is 13.7 Å². The zero-order chi connectivity index (χ0) is 13.8. The monoisotopic (exact) mass is 355 g/mol. The predicted octanol–water partition coefficient (Wildman–Crippen LogP) is 1.55. The molecule has 0 spiro atoms. The van der Waals surface area contributed by atoms with E-state index in [0.717, 1.165) is 0 Å². The average molecular weight is 357 g/mol. The molecule has 18 heavy (non-hydrogen) atoms. The van der Waals surface area contributed by atoms with Gasteiger partial charge in [-0.15, -0.1) is 0 Å². The van der Waals surface area contributed by atoms with Crippen LogP contribution in [0.1, 0.15) is 0 Å². The van der Waals surface area contributed by atoms with Crippen LogP contribution in [-0.2, 0) is 19.6 Å². The number of rotatable bonds is 5. The van der Waals surface area contributed by atoms with E-state index in [-0.39, 0.29) is 11.4 Å². The van der Waals surface area contributed by atoms with Crippen molar-refractivity contribution in [3.8, 4) is 0 Å². The molecule has 0 aliphatic heterocycles. The Hall–Kier alpha value is -0.630. The highest BCUT2D eigenvalue weighted by Crippen LogP contribution is 2.14. The van der Waals surface area contributed by atoms with E-state index in [1.165, 1.54) is 31.4 Å². The molecule has 100 valence electrons. The van der Waals surface area contributed by atoms with Crippen LogP contribution in [0.15, 0.2) is 29.2 Å². The van der Waals surface area contributed by atoms with Crippen molar-refractivity contribution in [2.45, 2.75) is 9.72 Å². The van der Waals surface area contributed by atoms with Crippen molar-refractivity contribution in [1.29, 1.82) is 0 Å². The Labute approximate surface area is 119 Å². The first-order valence-corrected chi connectivity index (χ1v) is 7.61. The standard InChI is InChI=1S/C10H11BrClNO4S/c1-17-10(14)9(11)6-13-18(15,16)8-4-2-7(12)3-5-8/h2-5,9,13H,6H2,1H3. The summed E-state index contributed by atoms with van der Waals surface area (Å²) in [6, 6.07) is 5.71. The summed E-state index contributed by atoms with van der Waals surface area (Å²) in [4.78, 5) is 10.4. The van der Waals surface area contributed by atoms with Gasteiger partial charge in [0.25, 0.3) is 0 Å². The van der Waals surface area contributed by atoms with Gasteiger partial charge in [-0.25, -0.2) is 13.1 Å². The number of carbonyl (C=O) groups is 1. The smallest absolute Gasteiger partial charge is 0.320 e. The molecule has 0 aromatic heterocycles. The Bertz CT molecular complexity index is 517. The third kappa shape index (κ3) is 4.24. The predicted molar refractivity (Wildman–Crippen MR) is 71.4 cm³/mol. The molecule has 1 rings (SSSR count). The Morgan fingerprint density at radius 3 is 2.50 bits per heavy atom. The van der Waals surface area contributed by atoms with Gasteiger partial charge in [-0.05, 0) is 24.3 Å². The van der Waals surface area contributed by atoms with Crippen LogP contribution >= 0.6 is 27.5 Å². The molecule has 1 unspecified atom stereocenters. The van der Waals surface area contributed by atoms with Crippen molar-refractivity contribution in [3.63, 3.8) is 0 Å². The van der Waals surface area contributed by atoms with Crippen molar-refractivity contribution in [1.82, 2.24) is 4.72 Å². The molecular formula is C10H11BrClNO4S. The molecule has 0 aliphatic carbocycles. The molecule has 1 aromatic rings. The van der Waals surface area contributed by atoms with E-state index in [1.54, 1.807) is 0 Å². The Balaban J connectivity index is 2.71. The van der Waals surface area contributed by atoms with Crippen molar-refractivity contribution in [3.05, 3.63) is 29.3 Å². The fraction of sp³-hybridized carbons (Fsp3) is 0.300. The van der Waals surface area contributed by atoms with Gasteiger partial charge < -0.3 is 4.74 Å². The van der Waals surface area contributed by atoms with E-state index in [1.807, 2.05) is 0 Å². The minimum absolute atomic E-state index is 0.0801. The van der Waals surface area contributed by atoms with Crippen LogP contribution in [0.3, 0.4) is 0 Å². The van der Waals surface area contributed by atoms with Gasteiger partial charge in [0.15, 0.2) is 0 Å². The van der Waals surface area contributed by atoms with E-state index < -0.39 is 20.8 Å². The molecule has 5 nitrogen and oxygen atoms in total. The highest BCUT2D eigenvalue weighted by molar-refractivity contribution is 9.10. The number of esters is 1. The first kappa shape index (κ1) is 15.4. The van der Waals surface area contributed by atoms with Crippen LogP contribution in [0.2, 0.25) is 5.02 Å². The first-order valence-electron chi connectivity index (χ1n) is 4.84. The molecule has 1 atom stereocenters. The minimum atomic E-state index is -3.66. The number of alkyl halides is 1. The van der Waals surface area contributed by atoms with Crippen LogP contribution in [0.4, 0.5) is 0 Å². The van der Waals surface area contributed by atoms with Crippen LogP contribution in [0.25, 0.3) is 0 Å². The summed E-state index contributed by atoms with van der Waals surface area (Å²) in [5.41, 5.74) is 0. The molecule has 0 heterocycles. The molecule has 1 N–H and O–H groups in total. The number of hydrogen-bond acceptors (Lipinski definition) is 4. The molecule has 0 saturated heterocycles. The average Bonchev–Trinajstić information content (AvgIpc) is 2.35. The summed E-state index contributed by atoms with van der Waals surface area (Å²) >= 11 is 8.68. The Morgan fingerprint density at radius 2 is 2.00 bits per heavy atom.